The molecule has 1 unspecified atom stereocenters. The highest BCUT2D eigenvalue weighted by molar-refractivity contribution is 5.33. The van der Waals surface area contributed by atoms with Gasteiger partial charge in [-0.3, -0.25) is 0 Å². The predicted octanol–water partition coefficient (Wildman–Crippen LogP) is 6.49. The first-order chi connectivity index (χ1) is 14.3. The van der Waals surface area contributed by atoms with E-state index in [9.17, 15) is 0 Å². The van der Waals surface area contributed by atoms with Crippen LogP contribution in [0.15, 0.2) is 78.9 Å². The van der Waals surface area contributed by atoms with Gasteiger partial charge in [-0.2, -0.15) is 0 Å². The van der Waals surface area contributed by atoms with E-state index in [0.717, 1.165) is 18.8 Å². The van der Waals surface area contributed by atoms with Crippen LogP contribution in [-0.2, 0) is 6.54 Å². The Balaban J connectivity index is 1.42. The molecule has 3 aromatic carbocycles. The van der Waals surface area contributed by atoms with E-state index in [4.69, 9.17) is 4.74 Å². The summed E-state index contributed by atoms with van der Waals surface area (Å²) in [5.74, 6) is 1.40. The van der Waals surface area contributed by atoms with Crippen molar-refractivity contribution in [2.24, 2.45) is 0 Å². The van der Waals surface area contributed by atoms with Gasteiger partial charge in [-0.1, -0.05) is 85.1 Å². The van der Waals surface area contributed by atoms with Crippen LogP contribution in [0.1, 0.15) is 53.9 Å². The van der Waals surface area contributed by atoms with Gasteiger partial charge in [-0.25, -0.2) is 0 Å². The average molecular weight is 388 g/mol. The van der Waals surface area contributed by atoms with Gasteiger partial charge in [0.2, 0.25) is 0 Å². The second-order valence-corrected chi connectivity index (χ2v) is 7.75. The molecule has 1 atom stereocenters. The first kappa shape index (κ1) is 21.1. The molecule has 0 bridgehead atoms. The van der Waals surface area contributed by atoms with Gasteiger partial charge in [-0.05, 0) is 55.1 Å². The summed E-state index contributed by atoms with van der Waals surface area (Å²) >= 11 is 0. The topological polar surface area (TPSA) is 21.3 Å². The molecule has 0 saturated carbocycles. The fraction of sp³-hybridized carbons (Fsp3) is 0.333. The predicted molar refractivity (Wildman–Crippen MR) is 123 cm³/mol. The Labute approximate surface area is 175 Å². The van der Waals surface area contributed by atoms with Crippen molar-refractivity contribution in [3.8, 4) is 5.75 Å². The number of hydrogen-bond acceptors (Lipinski definition) is 2. The summed E-state index contributed by atoms with van der Waals surface area (Å²) in [4.78, 5) is 0. The van der Waals surface area contributed by atoms with Crippen molar-refractivity contribution in [3.63, 3.8) is 0 Å². The third-order valence-corrected chi connectivity index (χ3v) is 5.52. The van der Waals surface area contributed by atoms with Crippen molar-refractivity contribution < 1.29 is 4.74 Å². The highest BCUT2D eigenvalue weighted by atomic mass is 16.5. The third-order valence-electron chi connectivity index (χ3n) is 5.52. The summed E-state index contributed by atoms with van der Waals surface area (Å²) in [6.07, 6.45) is 4.92. The molecule has 0 aliphatic heterocycles. The molecular weight excluding hydrogens is 354 g/mol. The molecule has 0 saturated heterocycles. The summed E-state index contributed by atoms with van der Waals surface area (Å²) in [6, 6.07) is 28.3. The van der Waals surface area contributed by atoms with Gasteiger partial charge in [0.1, 0.15) is 5.75 Å². The maximum atomic E-state index is 5.21. The molecule has 0 aromatic heterocycles. The van der Waals surface area contributed by atoms with Crippen LogP contribution in [0.2, 0.25) is 0 Å². The van der Waals surface area contributed by atoms with Crippen LogP contribution in [0.5, 0.6) is 5.75 Å². The Bertz CT molecular complexity index is 825. The highest BCUT2D eigenvalue weighted by Gasteiger charge is 2.13. The Morgan fingerprint density at radius 3 is 2.14 bits per heavy atom. The fourth-order valence-electron chi connectivity index (χ4n) is 3.76. The smallest absolute Gasteiger partial charge is 0.118 e. The molecule has 0 fully saturated rings. The van der Waals surface area contributed by atoms with Crippen molar-refractivity contribution in [2.75, 3.05) is 13.7 Å². The second-order valence-electron chi connectivity index (χ2n) is 7.75. The van der Waals surface area contributed by atoms with Crippen LogP contribution in [0.25, 0.3) is 0 Å². The number of ether oxygens (including phenoxy) is 1. The molecule has 29 heavy (non-hydrogen) atoms. The quantitative estimate of drug-likeness (QED) is 0.380. The van der Waals surface area contributed by atoms with Gasteiger partial charge >= 0.3 is 0 Å². The molecule has 0 amide bonds. The molecule has 0 heterocycles. The van der Waals surface area contributed by atoms with Gasteiger partial charge in [0.05, 0.1) is 7.11 Å². The number of hydrogen-bond donors (Lipinski definition) is 1. The Hall–Kier alpha value is -2.58. The molecule has 3 aromatic rings. The highest BCUT2D eigenvalue weighted by Crippen LogP contribution is 2.30. The van der Waals surface area contributed by atoms with Gasteiger partial charge in [-0.15, -0.1) is 0 Å². The second kappa shape index (κ2) is 11.4. The van der Waals surface area contributed by atoms with Gasteiger partial charge in [0.25, 0.3) is 0 Å². The molecule has 0 radical (unpaired) electrons. The molecule has 1 N–H and O–H groups in total. The van der Waals surface area contributed by atoms with Crippen molar-refractivity contribution in [1.82, 2.24) is 5.32 Å². The van der Waals surface area contributed by atoms with Crippen molar-refractivity contribution in [2.45, 2.75) is 45.1 Å². The van der Waals surface area contributed by atoms with Gasteiger partial charge in [0.15, 0.2) is 0 Å². The van der Waals surface area contributed by atoms with Crippen LogP contribution in [0.3, 0.4) is 0 Å². The lowest BCUT2D eigenvalue weighted by Gasteiger charge is -2.18. The first-order valence-corrected chi connectivity index (χ1v) is 10.7. The minimum Gasteiger partial charge on any atom is -0.497 e. The van der Waals surface area contributed by atoms with E-state index in [1.165, 1.54) is 47.9 Å². The van der Waals surface area contributed by atoms with Crippen molar-refractivity contribution in [1.29, 1.82) is 0 Å². The summed E-state index contributed by atoms with van der Waals surface area (Å²) < 4.78 is 5.21. The summed E-state index contributed by atoms with van der Waals surface area (Å²) in [5, 5.41) is 3.56. The Morgan fingerprint density at radius 2 is 1.45 bits per heavy atom. The largest absolute Gasteiger partial charge is 0.497 e. The maximum absolute atomic E-state index is 5.21. The van der Waals surface area contributed by atoms with E-state index in [1.54, 1.807) is 7.11 Å². The average Bonchev–Trinajstić information content (AvgIpc) is 2.77. The van der Waals surface area contributed by atoms with Crippen LogP contribution in [0, 0.1) is 6.92 Å². The van der Waals surface area contributed by atoms with Crippen LogP contribution >= 0.6 is 0 Å². The number of methoxy groups -OCH3 is 1. The Kier molecular flexibility index (Phi) is 8.33. The zero-order valence-corrected chi connectivity index (χ0v) is 17.7. The lowest BCUT2D eigenvalue weighted by Crippen LogP contribution is -2.14. The zero-order chi connectivity index (χ0) is 20.3. The van der Waals surface area contributed by atoms with E-state index in [0.29, 0.717) is 5.92 Å². The SMILES string of the molecule is COc1ccc(CNCCCCCC(c2ccccc2)c2ccc(C)cc2)cc1. The lowest BCUT2D eigenvalue weighted by atomic mass is 9.86. The molecular formula is C27H33NO. The maximum Gasteiger partial charge on any atom is 0.118 e. The van der Waals surface area contributed by atoms with E-state index in [2.05, 4.69) is 79.0 Å². The van der Waals surface area contributed by atoms with E-state index >= 15 is 0 Å². The number of benzene rings is 3. The molecule has 0 spiro atoms. The molecule has 3 rings (SSSR count). The molecule has 2 heteroatoms. The third kappa shape index (κ3) is 6.76. The Morgan fingerprint density at radius 1 is 0.759 bits per heavy atom. The van der Waals surface area contributed by atoms with Gasteiger partial charge < -0.3 is 10.1 Å². The number of aryl methyl sites for hydroxylation is 1. The van der Waals surface area contributed by atoms with Gasteiger partial charge in [0, 0.05) is 12.5 Å². The molecule has 0 aliphatic rings. The van der Waals surface area contributed by atoms with E-state index < -0.39 is 0 Å². The fourth-order valence-corrected chi connectivity index (χ4v) is 3.76. The zero-order valence-electron chi connectivity index (χ0n) is 17.7. The normalized spacial score (nSPS) is 11.9. The summed E-state index contributed by atoms with van der Waals surface area (Å²) in [5.41, 5.74) is 5.48. The minimum absolute atomic E-state index is 0.490. The van der Waals surface area contributed by atoms with Crippen LogP contribution in [0.4, 0.5) is 0 Å². The number of nitrogens with one attached hydrogen (secondary N) is 1. The summed E-state index contributed by atoms with van der Waals surface area (Å²) in [6.45, 7) is 4.13. The number of rotatable bonds is 11. The molecule has 152 valence electrons. The standard InChI is InChI=1S/C27H33NO/c1-22-12-16-25(17-13-22)27(24-9-5-3-6-10-24)11-7-4-8-20-28-21-23-14-18-26(29-2)19-15-23/h3,5-6,9-10,12-19,27-28H,4,7-8,11,20-21H2,1-2H3. The minimum atomic E-state index is 0.490. The van der Waals surface area contributed by atoms with Crippen LogP contribution in [-0.4, -0.2) is 13.7 Å². The first-order valence-electron chi connectivity index (χ1n) is 10.7. The lowest BCUT2D eigenvalue weighted by molar-refractivity contribution is 0.414. The van der Waals surface area contributed by atoms with E-state index in [1.807, 2.05) is 12.1 Å². The monoisotopic (exact) mass is 387 g/mol. The van der Waals surface area contributed by atoms with Crippen molar-refractivity contribution in [3.05, 3.63) is 101 Å². The molecule has 2 nitrogen and oxygen atoms in total. The summed E-state index contributed by atoms with van der Waals surface area (Å²) in [7, 11) is 1.70. The van der Waals surface area contributed by atoms with E-state index in [-0.39, 0.29) is 0 Å². The van der Waals surface area contributed by atoms with Crippen molar-refractivity contribution >= 4 is 0 Å². The number of unbranched alkanes of at least 4 members (excludes halogenated alkanes) is 2. The van der Waals surface area contributed by atoms with Crippen LogP contribution < -0.4 is 10.1 Å². The molecule has 0 aliphatic carbocycles.